The Bertz CT molecular complexity index is 1490. The molecule has 14 heteroatoms. The Hall–Kier alpha value is -3.13. The van der Waals surface area contributed by atoms with Crippen molar-refractivity contribution in [1.29, 1.82) is 0 Å². The van der Waals surface area contributed by atoms with Crippen LogP contribution in [0.1, 0.15) is 46.4 Å². The van der Waals surface area contributed by atoms with Gasteiger partial charge in [-0.15, -0.1) is 11.6 Å². The van der Waals surface area contributed by atoms with Gasteiger partial charge in [-0.05, 0) is 63.6 Å². The molecule has 5 N–H and O–H groups in total. The number of nitrogens with zero attached hydrogens (tertiary/aromatic N) is 3. The number of amides is 1. The van der Waals surface area contributed by atoms with E-state index in [4.69, 9.17) is 17.3 Å². The van der Waals surface area contributed by atoms with Crippen molar-refractivity contribution in [2.45, 2.75) is 42.9 Å². The van der Waals surface area contributed by atoms with Crippen LogP contribution in [0.4, 0.5) is 13.2 Å². The molecular weight excluding hydrogens is 593 g/mol. The highest BCUT2D eigenvalue weighted by Crippen LogP contribution is 2.56. The van der Waals surface area contributed by atoms with Crippen LogP contribution in [0.3, 0.4) is 0 Å². The van der Waals surface area contributed by atoms with Crippen LogP contribution < -0.4 is 5.73 Å². The number of rotatable bonds is 4. The number of nitrogens with two attached hydrogens (primary N) is 1. The summed E-state index contributed by atoms with van der Waals surface area (Å²) in [4.78, 5) is 42.5. The molecule has 0 saturated carbocycles. The van der Waals surface area contributed by atoms with E-state index in [1.54, 1.807) is 7.05 Å². The topological polar surface area (TPSA) is 148 Å². The van der Waals surface area contributed by atoms with Crippen molar-refractivity contribution in [3.63, 3.8) is 0 Å². The zero-order chi connectivity index (χ0) is 31.9. The van der Waals surface area contributed by atoms with E-state index in [1.807, 2.05) is 16.7 Å². The standard InChI is InChI=1S/C29H34ClF3N4O6/c1-5-37-7-6-36(4)11-16(37)13-10-17(38)19-14(21(13)29(31,32)33)8-12-9-15-22(35(2)3)24(40)20(27(34)43)26(42)28(15,30)25(41)18(12)23(19)39/h10,12,15-16,22,38,40-41H,5-9,11H2,1-4H3,(H2,34,43)/t12-,15-,16?,22-,28-/m0/s1. The number of Topliss-reactive ketones (excluding diaryl/α,β-unsaturated/α-hetero) is 2. The number of ketones is 2. The Kier molecular flexibility index (Phi) is 7.64. The quantitative estimate of drug-likeness (QED) is 0.292. The highest BCUT2D eigenvalue weighted by atomic mass is 35.5. The molecule has 1 aromatic carbocycles. The highest BCUT2D eigenvalue weighted by Gasteiger charge is 2.63. The zero-order valence-corrected chi connectivity index (χ0v) is 24.9. The fourth-order valence-corrected chi connectivity index (χ4v) is 7.95. The van der Waals surface area contributed by atoms with E-state index >= 15 is 0 Å². The third-order valence-corrected chi connectivity index (χ3v) is 10.1. The van der Waals surface area contributed by atoms with Crippen LogP contribution in [0.25, 0.3) is 0 Å². The number of aliphatic hydroxyl groups is 2. The fraction of sp³-hybridized carbons (Fsp3) is 0.552. The number of hydrogen-bond acceptors (Lipinski definition) is 9. The van der Waals surface area contributed by atoms with Crippen molar-refractivity contribution >= 4 is 29.1 Å². The lowest BCUT2D eigenvalue weighted by Gasteiger charge is -2.50. The summed E-state index contributed by atoms with van der Waals surface area (Å²) in [6.07, 6.45) is -5.47. The second-order valence-electron chi connectivity index (χ2n) is 12.0. The van der Waals surface area contributed by atoms with E-state index < -0.39 is 98.4 Å². The van der Waals surface area contributed by atoms with Gasteiger partial charge in [0.1, 0.15) is 22.8 Å². The van der Waals surface area contributed by atoms with Crippen LogP contribution in [-0.2, 0) is 22.2 Å². The third kappa shape index (κ3) is 4.54. The number of carbonyl (C=O) groups is 3. The Morgan fingerprint density at radius 2 is 1.86 bits per heavy atom. The minimum absolute atomic E-state index is 0.144. The van der Waals surface area contributed by atoms with E-state index in [1.165, 1.54) is 19.0 Å². The lowest BCUT2D eigenvalue weighted by molar-refractivity contribution is -0.139. The average molecular weight is 627 g/mol. The largest absolute Gasteiger partial charge is 0.510 e. The Labute approximate surface area is 251 Å². The first-order valence-electron chi connectivity index (χ1n) is 14.0. The van der Waals surface area contributed by atoms with Crippen molar-refractivity contribution in [2.24, 2.45) is 17.6 Å². The van der Waals surface area contributed by atoms with E-state index in [0.29, 0.717) is 19.6 Å². The maximum Gasteiger partial charge on any atom is 0.417 e. The van der Waals surface area contributed by atoms with Crippen molar-refractivity contribution in [3.05, 3.63) is 51.0 Å². The molecule has 0 spiro atoms. The van der Waals surface area contributed by atoms with Gasteiger partial charge < -0.3 is 26.0 Å². The SMILES string of the molecule is CCN1CCN(C)CC1c1cc(O)c2c(c1C(F)(F)F)C[C@H]1C[C@H]3[C@H](N(C)C)C(O)=C(C(N)=O)C(=O)[C@@]3(Cl)C(O)=C1C2=O. The number of alkyl halides is 4. The van der Waals surface area contributed by atoms with Crippen molar-refractivity contribution in [3.8, 4) is 5.75 Å². The van der Waals surface area contributed by atoms with Gasteiger partial charge in [-0.25, -0.2) is 0 Å². The second kappa shape index (κ2) is 10.5. The second-order valence-corrected chi connectivity index (χ2v) is 12.6. The van der Waals surface area contributed by atoms with Crippen LogP contribution in [0.2, 0.25) is 0 Å². The fourth-order valence-electron chi connectivity index (χ4n) is 7.54. The molecule has 0 aromatic heterocycles. The number of carbonyl (C=O) groups excluding carboxylic acids is 3. The summed E-state index contributed by atoms with van der Waals surface area (Å²) in [6, 6.07) is -0.857. The average Bonchev–Trinajstić information content (AvgIpc) is 2.89. The molecule has 3 aliphatic carbocycles. The molecule has 1 aliphatic heterocycles. The number of fused-ring (bicyclic) bond motifs is 3. The number of piperazine rings is 1. The third-order valence-electron chi connectivity index (χ3n) is 9.44. The van der Waals surface area contributed by atoms with E-state index in [0.717, 1.165) is 6.07 Å². The molecule has 4 aliphatic rings. The van der Waals surface area contributed by atoms with E-state index in [-0.39, 0.29) is 24.1 Å². The Balaban J connectivity index is 1.74. The predicted octanol–water partition coefficient (Wildman–Crippen LogP) is 2.69. The zero-order valence-electron chi connectivity index (χ0n) is 24.1. The minimum Gasteiger partial charge on any atom is -0.510 e. The monoisotopic (exact) mass is 626 g/mol. The molecule has 1 fully saturated rings. The minimum atomic E-state index is -4.89. The van der Waals surface area contributed by atoms with Gasteiger partial charge in [0.25, 0.3) is 5.91 Å². The molecule has 0 bridgehead atoms. The van der Waals surface area contributed by atoms with Crippen molar-refractivity contribution in [1.82, 2.24) is 14.7 Å². The van der Waals surface area contributed by atoms with Gasteiger partial charge in [0.15, 0.2) is 10.7 Å². The van der Waals surface area contributed by atoms with Crippen LogP contribution in [0, 0.1) is 11.8 Å². The molecule has 5 rings (SSSR count). The summed E-state index contributed by atoms with van der Waals surface area (Å²) >= 11 is 6.81. The van der Waals surface area contributed by atoms with Gasteiger partial charge >= 0.3 is 6.18 Å². The number of allylic oxidation sites excluding steroid dienone is 2. The summed E-state index contributed by atoms with van der Waals surface area (Å²) in [6.45, 7) is 3.75. The summed E-state index contributed by atoms with van der Waals surface area (Å²) in [5.74, 6) is -8.02. The van der Waals surface area contributed by atoms with Gasteiger partial charge in [0.2, 0.25) is 5.78 Å². The molecule has 1 unspecified atom stereocenters. The van der Waals surface area contributed by atoms with Gasteiger partial charge in [-0.1, -0.05) is 6.92 Å². The number of phenolic OH excluding ortho intramolecular Hbond substituents is 1. The summed E-state index contributed by atoms with van der Waals surface area (Å²) in [5, 5.41) is 33.5. The molecule has 1 saturated heterocycles. The van der Waals surface area contributed by atoms with Crippen LogP contribution in [0.5, 0.6) is 5.75 Å². The van der Waals surface area contributed by atoms with Gasteiger partial charge in [-0.2, -0.15) is 13.2 Å². The number of likely N-dealkylation sites (N-methyl/N-ethyl adjacent to an activating group) is 3. The number of halogens is 4. The highest BCUT2D eigenvalue weighted by molar-refractivity contribution is 6.44. The number of benzene rings is 1. The summed E-state index contributed by atoms with van der Waals surface area (Å²) < 4.78 is 44.9. The first-order chi connectivity index (χ1) is 20.0. The van der Waals surface area contributed by atoms with E-state index in [9.17, 15) is 42.9 Å². The molecule has 5 atom stereocenters. The molecule has 43 heavy (non-hydrogen) atoms. The van der Waals surface area contributed by atoms with E-state index in [2.05, 4.69) is 0 Å². The van der Waals surface area contributed by atoms with Crippen LogP contribution in [0.15, 0.2) is 28.7 Å². The molecule has 10 nitrogen and oxygen atoms in total. The molecule has 1 heterocycles. The van der Waals surface area contributed by atoms with Gasteiger partial charge in [0, 0.05) is 37.2 Å². The number of hydrogen-bond donors (Lipinski definition) is 4. The number of aromatic hydroxyl groups is 1. The number of aliphatic hydroxyl groups excluding tert-OH is 2. The summed E-state index contributed by atoms with van der Waals surface area (Å²) in [7, 11) is 4.85. The molecular formula is C29H34ClF3N4O6. The maximum absolute atomic E-state index is 15.0. The molecule has 1 amide bonds. The maximum atomic E-state index is 15.0. The first kappa shape index (κ1) is 31.3. The first-order valence-corrected chi connectivity index (χ1v) is 14.3. The van der Waals surface area contributed by atoms with Crippen LogP contribution in [-0.4, -0.2) is 106 Å². The van der Waals surface area contributed by atoms with Crippen LogP contribution >= 0.6 is 11.6 Å². The van der Waals surface area contributed by atoms with Crippen molar-refractivity contribution in [2.75, 3.05) is 47.3 Å². The van der Waals surface area contributed by atoms with Gasteiger partial charge in [-0.3, -0.25) is 24.2 Å². The predicted molar refractivity (Wildman–Crippen MR) is 150 cm³/mol. The molecule has 1 aromatic rings. The number of phenols is 1. The molecule has 234 valence electrons. The Morgan fingerprint density at radius 3 is 2.42 bits per heavy atom. The lowest BCUT2D eigenvalue weighted by atomic mass is 9.60. The summed E-state index contributed by atoms with van der Waals surface area (Å²) in [5.41, 5.74) is 2.00. The normalized spacial score (nSPS) is 30.4. The number of primary amides is 1. The van der Waals surface area contributed by atoms with Gasteiger partial charge in [0.05, 0.1) is 17.2 Å². The smallest absolute Gasteiger partial charge is 0.417 e. The lowest BCUT2D eigenvalue weighted by Crippen LogP contribution is -2.61. The molecule has 0 radical (unpaired) electrons. The van der Waals surface area contributed by atoms with Crippen molar-refractivity contribution < 1.29 is 42.9 Å². The Morgan fingerprint density at radius 1 is 1.21 bits per heavy atom.